The summed E-state index contributed by atoms with van der Waals surface area (Å²) in [6, 6.07) is 8.85. The molecule has 2 aromatic rings. The number of ether oxygens (including phenoxy) is 1. The van der Waals surface area contributed by atoms with Gasteiger partial charge in [-0.05, 0) is 49.6 Å². The number of amides is 2. The molecule has 0 spiro atoms. The van der Waals surface area contributed by atoms with E-state index in [1.165, 1.54) is 7.11 Å². The van der Waals surface area contributed by atoms with Crippen LogP contribution in [0.4, 0.5) is 11.4 Å². The van der Waals surface area contributed by atoms with Gasteiger partial charge in [0, 0.05) is 16.8 Å². The first kappa shape index (κ1) is 19.3. The largest absolute Gasteiger partial charge is 0.494 e. The molecule has 0 atom stereocenters. The van der Waals surface area contributed by atoms with Crippen molar-refractivity contribution in [2.45, 2.75) is 20.8 Å². The second-order valence-corrected chi connectivity index (χ2v) is 7.07. The van der Waals surface area contributed by atoms with E-state index in [0.717, 1.165) is 16.0 Å². The SMILES string of the molecule is COc1cc(Cl)c(C)cc1N1C(=O)C(Cl)=C(Nc2cccc(C)c2C)C1=O. The molecule has 5 nitrogen and oxygen atoms in total. The average molecular weight is 405 g/mol. The Bertz CT molecular complexity index is 999. The van der Waals surface area contributed by atoms with E-state index >= 15 is 0 Å². The number of imide groups is 1. The van der Waals surface area contributed by atoms with Crippen molar-refractivity contribution in [3.63, 3.8) is 0 Å². The molecular formula is C20H18Cl2N2O3. The Labute approximate surface area is 167 Å². The van der Waals surface area contributed by atoms with Crippen LogP contribution < -0.4 is 15.0 Å². The number of hydrogen-bond donors (Lipinski definition) is 1. The smallest absolute Gasteiger partial charge is 0.283 e. The zero-order chi connectivity index (χ0) is 19.9. The minimum atomic E-state index is -0.616. The fourth-order valence-electron chi connectivity index (χ4n) is 2.84. The molecule has 0 saturated carbocycles. The monoisotopic (exact) mass is 404 g/mol. The lowest BCUT2D eigenvalue weighted by Crippen LogP contribution is -2.32. The standard InChI is InChI=1S/C20H18Cl2N2O3/c1-10-6-5-7-14(12(10)3)23-18-17(22)19(25)24(20(18)26)15-8-11(2)13(21)9-16(15)27-4/h5-9,23H,1-4H3. The molecule has 0 aromatic heterocycles. The Kier molecular flexibility index (Phi) is 5.18. The lowest BCUT2D eigenvalue weighted by molar-refractivity contribution is -0.120. The van der Waals surface area contributed by atoms with Crippen molar-refractivity contribution < 1.29 is 14.3 Å². The minimum absolute atomic E-state index is 0.0324. The second-order valence-electron chi connectivity index (χ2n) is 6.28. The Balaban J connectivity index is 2.02. The molecule has 1 N–H and O–H groups in total. The number of benzene rings is 2. The van der Waals surface area contributed by atoms with Gasteiger partial charge in [-0.25, -0.2) is 4.90 Å². The molecule has 3 rings (SSSR count). The van der Waals surface area contributed by atoms with Gasteiger partial charge in [0.25, 0.3) is 11.8 Å². The Hall–Kier alpha value is -2.50. The van der Waals surface area contributed by atoms with Crippen LogP contribution in [-0.4, -0.2) is 18.9 Å². The van der Waals surface area contributed by atoms with Gasteiger partial charge >= 0.3 is 0 Å². The first-order valence-corrected chi connectivity index (χ1v) is 8.97. The van der Waals surface area contributed by atoms with Gasteiger partial charge in [-0.15, -0.1) is 0 Å². The highest BCUT2D eigenvalue weighted by Crippen LogP contribution is 2.38. The zero-order valence-corrected chi connectivity index (χ0v) is 16.8. The highest BCUT2D eigenvalue weighted by Gasteiger charge is 2.40. The van der Waals surface area contributed by atoms with Crippen LogP contribution in [0.15, 0.2) is 41.1 Å². The van der Waals surface area contributed by atoms with Crippen LogP contribution in [-0.2, 0) is 9.59 Å². The number of carbonyl (C=O) groups excluding carboxylic acids is 2. The van der Waals surface area contributed by atoms with E-state index in [-0.39, 0.29) is 10.7 Å². The number of nitrogens with one attached hydrogen (secondary N) is 1. The number of methoxy groups -OCH3 is 1. The van der Waals surface area contributed by atoms with Gasteiger partial charge in [-0.1, -0.05) is 35.3 Å². The number of nitrogens with zero attached hydrogens (tertiary/aromatic N) is 1. The predicted molar refractivity (Wildman–Crippen MR) is 108 cm³/mol. The van der Waals surface area contributed by atoms with E-state index < -0.39 is 11.8 Å². The van der Waals surface area contributed by atoms with E-state index in [4.69, 9.17) is 27.9 Å². The van der Waals surface area contributed by atoms with E-state index in [1.54, 1.807) is 19.1 Å². The minimum Gasteiger partial charge on any atom is -0.494 e. The van der Waals surface area contributed by atoms with Gasteiger partial charge < -0.3 is 10.1 Å². The number of anilines is 2. The zero-order valence-electron chi connectivity index (χ0n) is 15.3. The van der Waals surface area contributed by atoms with Gasteiger partial charge in [0.1, 0.15) is 16.5 Å². The molecule has 0 fully saturated rings. The Morgan fingerprint density at radius 2 is 1.70 bits per heavy atom. The fraction of sp³-hybridized carbons (Fsp3) is 0.200. The third-order valence-corrected chi connectivity index (χ3v) is 5.35. The number of hydrogen-bond acceptors (Lipinski definition) is 4. The Morgan fingerprint density at radius 3 is 2.37 bits per heavy atom. The quantitative estimate of drug-likeness (QED) is 0.749. The summed E-state index contributed by atoms with van der Waals surface area (Å²) in [5.41, 5.74) is 3.77. The van der Waals surface area contributed by atoms with Crippen LogP contribution in [0.25, 0.3) is 0 Å². The molecule has 2 amide bonds. The third kappa shape index (κ3) is 3.29. The number of carbonyl (C=O) groups is 2. The average Bonchev–Trinajstić information content (AvgIpc) is 2.84. The van der Waals surface area contributed by atoms with E-state index in [9.17, 15) is 9.59 Å². The van der Waals surface area contributed by atoms with Crippen LogP contribution in [0.2, 0.25) is 5.02 Å². The maximum atomic E-state index is 13.0. The number of halogens is 2. The van der Waals surface area contributed by atoms with Crippen molar-refractivity contribution in [2.24, 2.45) is 0 Å². The first-order valence-electron chi connectivity index (χ1n) is 8.22. The van der Waals surface area contributed by atoms with Crippen LogP contribution in [0, 0.1) is 20.8 Å². The summed E-state index contributed by atoms with van der Waals surface area (Å²) >= 11 is 12.3. The highest BCUT2D eigenvalue weighted by atomic mass is 35.5. The van der Waals surface area contributed by atoms with Crippen molar-refractivity contribution in [3.05, 3.63) is 62.8 Å². The van der Waals surface area contributed by atoms with Gasteiger partial charge in [-0.2, -0.15) is 0 Å². The predicted octanol–water partition coefficient (Wildman–Crippen LogP) is 4.71. The van der Waals surface area contributed by atoms with E-state index in [2.05, 4.69) is 5.32 Å². The lowest BCUT2D eigenvalue weighted by atomic mass is 10.1. The molecule has 0 unspecified atom stereocenters. The lowest BCUT2D eigenvalue weighted by Gasteiger charge is -2.19. The van der Waals surface area contributed by atoms with Crippen LogP contribution in [0.5, 0.6) is 5.75 Å². The molecular weight excluding hydrogens is 387 g/mol. The second kappa shape index (κ2) is 7.25. The van der Waals surface area contributed by atoms with Gasteiger partial charge in [-0.3, -0.25) is 9.59 Å². The van der Waals surface area contributed by atoms with Crippen molar-refractivity contribution in [1.29, 1.82) is 0 Å². The molecule has 2 aromatic carbocycles. The highest BCUT2D eigenvalue weighted by molar-refractivity contribution is 6.53. The topological polar surface area (TPSA) is 58.6 Å². The summed E-state index contributed by atoms with van der Waals surface area (Å²) in [6.45, 7) is 5.67. The van der Waals surface area contributed by atoms with Gasteiger partial charge in [0.2, 0.25) is 0 Å². The third-order valence-electron chi connectivity index (χ3n) is 4.59. The van der Waals surface area contributed by atoms with E-state index in [1.807, 2.05) is 32.0 Å². The maximum absolute atomic E-state index is 13.0. The molecule has 0 bridgehead atoms. The molecule has 0 aliphatic carbocycles. The molecule has 1 aliphatic rings. The van der Waals surface area contributed by atoms with Crippen LogP contribution in [0.3, 0.4) is 0 Å². The summed E-state index contributed by atoms with van der Waals surface area (Å²) in [4.78, 5) is 26.7. The van der Waals surface area contributed by atoms with Crippen molar-refractivity contribution in [2.75, 3.05) is 17.3 Å². The molecule has 140 valence electrons. The molecule has 1 heterocycles. The molecule has 0 radical (unpaired) electrons. The summed E-state index contributed by atoms with van der Waals surface area (Å²) in [7, 11) is 1.44. The van der Waals surface area contributed by atoms with Crippen molar-refractivity contribution in [1.82, 2.24) is 0 Å². The number of rotatable bonds is 4. The molecule has 0 saturated heterocycles. The van der Waals surface area contributed by atoms with Crippen LogP contribution >= 0.6 is 23.2 Å². The van der Waals surface area contributed by atoms with Crippen LogP contribution in [0.1, 0.15) is 16.7 Å². The fourth-order valence-corrected chi connectivity index (χ4v) is 3.20. The Morgan fingerprint density at radius 1 is 1.00 bits per heavy atom. The van der Waals surface area contributed by atoms with Crippen molar-refractivity contribution in [3.8, 4) is 5.75 Å². The molecule has 27 heavy (non-hydrogen) atoms. The summed E-state index contributed by atoms with van der Waals surface area (Å²) < 4.78 is 5.30. The molecule has 7 heteroatoms. The molecule has 1 aliphatic heterocycles. The summed E-state index contributed by atoms with van der Waals surface area (Å²) in [6.07, 6.45) is 0. The first-order chi connectivity index (χ1) is 12.8. The summed E-state index contributed by atoms with van der Waals surface area (Å²) in [5, 5.41) is 3.32. The normalized spacial score (nSPS) is 14.2. The number of aryl methyl sites for hydroxylation is 2. The van der Waals surface area contributed by atoms with Gasteiger partial charge in [0.05, 0.1) is 12.8 Å². The summed E-state index contributed by atoms with van der Waals surface area (Å²) in [5.74, 6) is -0.856. The maximum Gasteiger partial charge on any atom is 0.283 e. The van der Waals surface area contributed by atoms with Crippen molar-refractivity contribution >= 4 is 46.4 Å². The van der Waals surface area contributed by atoms with E-state index in [0.29, 0.717) is 27.7 Å². The van der Waals surface area contributed by atoms with Gasteiger partial charge in [0.15, 0.2) is 0 Å².